The van der Waals surface area contributed by atoms with E-state index in [4.69, 9.17) is 33.0 Å². The number of carbonyl (C=O) groups excluding carboxylic acids is 1. The van der Waals surface area contributed by atoms with E-state index in [1.807, 2.05) is 24.3 Å². The van der Waals surface area contributed by atoms with Crippen molar-refractivity contribution in [2.75, 3.05) is 0 Å². The highest BCUT2D eigenvalue weighted by molar-refractivity contribution is 6.33. The molecule has 0 fully saturated rings. The van der Waals surface area contributed by atoms with E-state index in [1.165, 1.54) is 16.6 Å². The number of halogens is 5. The Bertz CT molecular complexity index is 1750. The van der Waals surface area contributed by atoms with E-state index in [1.54, 1.807) is 51.1 Å². The molecule has 0 radical (unpaired) electrons. The molecule has 216 valence electrons. The van der Waals surface area contributed by atoms with E-state index in [9.17, 15) is 18.0 Å². The highest BCUT2D eigenvalue weighted by atomic mass is 35.5. The van der Waals surface area contributed by atoms with Gasteiger partial charge in [0.05, 0.1) is 10.6 Å². The minimum Gasteiger partial charge on any atom is -0.444 e. The molecule has 5 aromatic rings. The fraction of sp³-hybridized carbons (Fsp3) is 0.200. The van der Waals surface area contributed by atoms with Crippen LogP contribution in [0.5, 0.6) is 0 Å². The second kappa shape index (κ2) is 11.3. The van der Waals surface area contributed by atoms with Crippen LogP contribution in [0.1, 0.15) is 43.8 Å². The summed E-state index contributed by atoms with van der Waals surface area (Å²) in [5.74, 6) is 0.145. The molecule has 2 aromatic heterocycles. The summed E-state index contributed by atoms with van der Waals surface area (Å²) in [6.45, 7) is 5.09. The molecular weight excluding hydrogens is 590 g/mol. The summed E-state index contributed by atoms with van der Waals surface area (Å²) in [5, 5.41) is 17.2. The Morgan fingerprint density at radius 1 is 0.905 bits per heavy atom. The lowest BCUT2D eigenvalue weighted by molar-refractivity contribution is -0.137. The largest absolute Gasteiger partial charge is 0.444 e. The van der Waals surface area contributed by atoms with Gasteiger partial charge in [0.2, 0.25) is 0 Å². The van der Waals surface area contributed by atoms with Crippen molar-refractivity contribution in [2.24, 2.45) is 0 Å². The molecule has 0 saturated heterocycles. The molecule has 1 unspecified atom stereocenters. The number of carbonyl (C=O) groups is 1. The standard InChI is InChI=1S/C30H24Cl2F3N5O2/c1-29(2,3)42-28(41)36-25(18-8-12-19(13-9-18)30(33,34)35)27-38-37-24-16-22(17-10-14-20(31)15-11-17)26(39-40(24)27)21-6-4-5-7-23(21)32/h4-16,25H,1-3H3,(H,36,41). The van der Waals surface area contributed by atoms with Crippen molar-refractivity contribution < 1.29 is 22.7 Å². The van der Waals surface area contributed by atoms with Gasteiger partial charge >= 0.3 is 12.3 Å². The van der Waals surface area contributed by atoms with Crippen LogP contribution in [0.4, 0.5) is 18.0 Å². The van der Waals surface area contributed by atoms with Crippen molar-refractivity contribution in [2.45, 2.75) is 38.6 Å². The molecule has 7 nitrogen and oxygen atoms in total. The van der Waals surface area contributed by atoms with E-state index in [-0.39, 0.29) is 5.82 Å². The van der Waals surface area contributed by atoms with E-state index in [0.717, 1.165) is 17.7 Å². The second-order valence-electron chi connectivity index (χ2n) is 10.4. The number of hydrogen-bond acceptors (Lipinski definition) is 5. The van der Waals surface area contributed by atoms with Crippen molar-refractivity contribution in [3.63, 3.8) is 0 Å². The Morgan fingerprint density at radius 2 is 1.57 bits per heavy atom. The maximum absolute atomic E-state index is 13.3. The molecule has 0 aliphatic rings. The number of rotatable bonds is 5. The van der Waals surface area contributed by atoms with Crippen LogP contribution in [0.15, 0.2) is 78.9 Å². The normalized spacial score (nSPS) is 12.8. The molecule has 1 N–H and O–H groups in total. The fourth-order valence-corrected chi connectivity index (χ4v) is 4.67. The van der Waals surface area contributed by atoms with Crippen molar-refractivity contribution >= 4 is 34.9 Å². The number of nitrogens with zero attached hydrogens (tertiary/aromatic N) is 4. The number of alkyl halides is 3. The van der Waals surface area contributed by atoms with Crippen molar-refractivity contribution in [1.29, 1.82) is 0 Å². The number of alkyl carbamates (subject to hydrolysis) is 1. The number of ether oxygens (including phenoxy) is 1. The summed E-state index contributed by atoms with van der Waals surface area (Å²) in [7, 11) is 0. The molecular formula is C30H24Cl2F3N5O2. The van der Waals surface area contributed by atoms with Gasteiger partial charge in [0.15, 0.2) is 11.5 Å². The molecule has 5 rings (SSSR count). The fourth-order valence-electron chi connectivity index (χ4n) is 4.32. The molecule has 12 heteroatoms. The van der Waals surface area contributed by atoms with Gasteiger partial charge in [-0.3, -0.25) is 0 Å². The number of benzene rings is 3. The van der Waals surface area contributed by atoms with Gasteiger partial charge < -0.3 is 10.1 Å². The van der Waals surface area contributed by atoms with Gasteiger partial charge in [0, 0.05) is 16.1 Å². The highest BCUT2D eigenvalue weighted by Gasteiger charge is 2.32. The van der Waals surface area contributed by atoms with Gasteiger partial charge in [-0.25, -0.2) is 4.79 Å². The SMILES string of the molecule is CC(C)(C)OC(=O)NC(c1ccc(C(F)(F)F)cc1)c1nnc2cc(-c3ccc(Cl)cc3)c(-c3ccccc3Cl)nn12. The molecule has 1 atom stereocenters. The average molecular weight is 614 g/mol. The molecule has 0 saturated carbocycles. The van der Waals surface area contributed by atoms with E-state index in [0.29, 0.717) is 38.1 Å². The highest BCUT2D eigenvalue weighted by Crippen LogP contribution is 2.36. The predicted molar refractivity (Wildman–Crippen MR) is 154 cm³/mol. The second-order valence-corrected chi connectivity index (χ2v) is 11.3. The molecule has 2 heterocycles. The number of nitrogens with one attached hydrogen (secondary N) is 1. The summed E-state index contributed by atoms with van der Waals surface area (Å²) < 4.78 is 46.7. The Hall–Kier alpha value is -4.15. The van der Waals surface area contributed by atoms with Crippen molar-refractivity contribution in [1.82, 2.24) is 25.1 Å². The lowest BCUT2D eigenvalue weighted by Crippen LogP contribution is -2.36. The third kappa shape index (κ3) is 6.34. The van der Waals surface area contributed by atoms with Crippen LogP contribution in [0.25, 0.3) is 28.0 Å². The Labute approximate surface area is 249 Å². The maximum Gasteiger partial charge on any atom is 0.416 e. The zero-order valence-corrected chi connectivity index (χ0v) is 24.1. The van der Waals surface area contributed by atoms with Crippen LogP contribution >= 0.6 is 23.2 Å². The van der Waals surface area contributed by atoms with Crippen molar-refractivity contribution in [3.8, 4) is 22.4 Å². The van der Waals surface area contributed by atoms with Crippen LogP contribution in [0.3, 0.4) is 0 Å². The first-order valence-corrected chi connectivity index (χ1v) is 13.5. The summed E-state index contributed by atoms with van der Waals surface area (Å²) in [5.41, 5.74) is 1.57. The van der Waals surface area contributed by atoms with E-state index in [2.05, 4.69) is 15.5 Å². The Balaban J connectivity index is 1.69. The van der Waals surface area contributed by atoms with Gasteiger partial charge in [-0.15, -0.1) is 10.2 Å². The Kier molecular flexibility index (Phi) is 7.87. The van der Waals surface area contributed by atoms with Gasteiger partial charge in [-0.05, 0) is 68.3 Å². The third-order valence-electron chi connectivity index (χ3n) is 6.19. The van der Waals surface area contributed by atoms with Gasteiger partial charge in [0.25, 0.3) is 0 Å². The minimum absolute atomic E-state index is 0.145. The summed E-state index contributed by atoms with van der Waals surface area (Å²) in [4.78, 5) is 12.9. The lowest BCUT2D eigenvalue weighted by atomic mass is 10.00. The van der Waals surface area contributed by atoms with E-state index < -0.39 is 29.5 Å². The number of hydrogen-bond donors (Lipinski definition) is 1. The first kappa shape index (κ1) is 29.3. The molecule has 1 amide bonds. The number of fused-ring (bicyclic) bond motifs is 1. The molecule has 42 heavy (non-hydrogen) atoms. The number of aromatic nitrogens is 4. The quantitative estimate of drug-likeness (QED) is 0.215. The monoisotopic (exact) mass is 613 g/mol. The molecule has 0 bridgehead atoms. The smallest absolute Gasteiger partial charge is 0.416 e. The lowest BCUT2D eigenvalue weighted by Gasteiger charge is -2.23. The minimum atomic E-state index is -4.53. The van der Waals surface area contributed by atoms with Crippen LogP contribution in [0.2, 0.25) is 10.0 Å². The Morgan fingerprint density at radius 3 is 2.19 bits per heavy atom. The molecule has 0 aliphatic heterocycles. The van der Waals surface area contributed by atoms with Crippen LogP contribution < -0.4 is 5.32 Å². The first-order valence-electron chi connectivity index (χ1n) is 12.7. The van der Waals surface area contributed by atoms with Crippen LogP contribution in [0, 0.1) is 0 Å². The summed E-state index contributed by atoms with van der Waals surface area (Å²) in [6.07, 6.45) is -5.33. The van der Waals surface area contributed by atoms with E-state index >= 15 is 0 Å². The molecule has 0 aliphatic carbocycles. The first-order chi connectivity index (χ1) is 19.8. The average Bonchev–Trinajstić information content (AvgIpc) is 3.33. The zero-order chi connectivity index (χ0) is 30.2. The number of amides is 1. The maximum atomic E-state index is 13.3. The summed E-state index contributed by atoms with van der Waals surface area (Å²) in [6, 6.07) is 19.4. The topological polar surface area (TPSA) is 81.4 Å². The third-order valence-corrected chi connectivity index (χ3v) is 6.77. The summed E-state index contributed by atoms with van der Waals surface area (Å²) >= 11 is 12.7. The van der Waals surface area contributed by atoms with Crippen LogP contribution in [-0.4, -0.2) is 31.5 Å². The van der Waals surface area contributed by atoms with Gasteiger partial charge in [-0.2, -0.15) is 22.8 Å². The molecule has 3 aromatic carbocycles. The molecule has 0 spiro atoms. The van der Waals surface area contributed by atoms with Gasteiger partial charge in [0.1, 0.15) is 17.3 Å². The predicted octanol–water partition coefficient (Wildman–Crippen LogP) is 8.40. The van der Waals surface area contributed by atoms with Crippen LogP contribution in [-0.2, 0) is 10.9 Å². The van der Waals surface area contributed by atoms with Gasteiger partial charge in [-0.1, -0.05) is 65.7 Å². The zero-order valence-electron chi connectivity index (χ0n) is 22.6. The van der Waals surface area contributed by atoms with Crippen molar-refractivity contribution in [3.05, 3.63) is 106 Å².